The number of carbonyl (C=O) groups excluding carboxylic acids is 2. The molecular formula is C13H14N2Na2O4S2. The number of hydrogen-bond acceptors (Lipinski definition) is 6. The monoisotopic (exact) mass is 372 g/mol. The van der Waals surface area contributed by atoms with E-state index in [0.717, 1.165) is 22.7 Å². The van der Waals surface area contributed by atoms with Gasteiger partial charge in [0.05, 0.1) is 12.5 Å². The molecule has 3 heterocycles. The van der Waals surface area contributed by atoms with E-state index in [2.05, 4.69) is 5.32 Å². The summed E-state index contributed by atoms with van der Waals surface area (Å²) in [5.41, 5.74) is 0.00695. The first-order valence-electron chi connectivity index (χ1n) is 6.28. The number of aliphatic carboxylic acids is 1. The Morgan fingerprint density at radius 2 is 2.13 bits per heavy atom. The van der Waals surface area contributed by atoms with Crippen molar-refractivity contribution in [2.24, 2.45) is 0 Å². The number of thioether (sulfide) groups is 1. The Morgan fingerprint density at radius 1 is 1.39 bits per heavy atom. The maximum absolute atomic E-state index is 11.9. The summed E-state index contributed by atoms with van der Waals surface area (Å²) in [4.78, 5) is 37.2. The van der Waals surface area contributed by atoms with Crippen molar-refractivity contribution in [1.82, 2.24) is 10.2 Å². The van der Waals surface area contributed by atoms with Gasteiger partial charge in [0.2, 0.25) is 11.0 Å². The molecular weight excluding hydrogens is 358 g/mol. The molecule has 1 fully saturated rings. The van der Waals surface area contributed by atoms with E-state index in [-0.39, 0.29) is 87.2 Å². The van der Waals surface area contributed by atoms with Gasteiger partial charge in [0, 0.05) is 17.5 Å². The van der Waals surface area contributed by atoms with Gasteiger partial charge in [-0.05, 0) is 11.4 Å². The van der Waals surface area contributed by atoms with Crippen LogP contribution in [0, 0.1) is 0 Å². The second-order valence-corrected chi connectivity index (χ2v) is 6.90. The van der Waals surface area contributed by atoms with Gasteiger partial charge in [-0.3, -0.25) is 9.59 Å². The predicted molar refractivity (Wildman–Crippen MR) is 93.1 cm³/mol. The molecule has 2 unspecified atom stereocenters. The van der Waals surface area contributed by atoms with Gasteiger partial charge in [-0.25, -0.2) is 4.79 Å². The molecule has 23 heavy (non-hydrogen) atoms. The second-order valence-electron chi connectivity index (χ2n) is 4.74. The van der Waals surface area contributed by atoms with Gasteiger partial charge in [-0.1, -0.05) is 17.8 Å². The Hall–Kier alpha value is 0.200. The number of hydrogen-bond donors (Lipinski definition) is 2. The standard InChI is InChI=1S/C13H12N2O4S2.2Na.2H/c16-10(4-7-2-1-3-20-7)14-8-6-15-9(13(18)19)5-11(17)21-12(8)15;;;;/h1-3,5,8,12H,4,6H2,(H,14,16)(H,18,19);;;;. The summed E-state index contributed by atoms with van der Waals surface area (Å²) in [5.74, 6) is -1.22. The van der Waals surface area contributed by atoms with Crippen molar-refractivity contribution in [2.75, 3.05) is 6.54 Å². The third-order valence-corrected chi connectivity index (χ3v) is 5.38. The number of thiophene rings is 1. The molecule has 0 bridgehead atoms. The SMILES string of the molecule is O=C(Cc1cccs1)NC1CN2C(C(=O)O)=CC(=O)SC12.[NaH].[NaH]. The van der Waals surface area contributed by atoms with Crippen LogP contribution < -0.4 is 5.32 Å². The molecule has 2 N–H and O–H groups in total. The van der Waals surface area contributed by atoms with Gasteiger partial charge in [0.25, 0.3) is 0 Å². The predicted octanol–water partition coefficient (Wildman–Crippen LogP) is -0.638. The summed E-state index contributed by atoms with van der Waals surface area (Å²) >= 11 is 2.56. The molecule has 0 saturated carbocycles. The summed E-state index contributed by atoms with van der Waals surface area (Å²) in [6.07, 6.45) is 1.44. The average molecular weight is 372 g/mol. The Labute approximate surface area is 185 Å². The third kappa shape index (κ3) is 4.85. The van der Waals surface area contributed by atoms with E-state index in [1.165, 1.54) is 11.3 Å². The molecule has 1 amide bonds. The van der Waals surface area contributed by atoms with Gasteiger partial charge in [0.15, 0.2) is 0 Å². The zero-order valence-corrected chi connectivity index (χ0v) is 12.4. The van der Waals surface area contributed by atoms with Crippen molar-refractivity contribution in [3.05, 3.63) is 34.2 Å². The maximum atomic E-state index is 11.9. The van der Waals surface area contributed by atoms with Gasteiger partial charge >= 0.3 is 65.1 Å². The molecule has 0 spiro atoms. The molecule has 114 valence electrons. The molecule has 1 aromatic heterocycles. The van der Waals surface area contributed by atoms with E-state index < -0.39 is 5.97 Å². The minimum atomic E-state index is -1.11. The molecule has 0 radical (unpaired) electrons. The van der Waals surface area contributed by atoms with Crippen LogP contribution in [0.5, 0.6) is 0 Å². The van der Waals surface area contributed by atoms with E-state index in [1.54, 1.807) is 4.90 Å². The Balaban J connectivity index is 0.00000132. The van der Waals surface area contributed by atoms with Crippen molar-refractivity contribution in [2.45, 2.75) is 17.8 Å². The summed E-state index contributed by atoms with van der Waals surface area (Å²) in [5, 5.41) is 13.2. The second kappa shape index (κ2) is 9.05. The van der Waals surface area contributed by atoms with Crippen molar-refractivity contribution >= 4 is 99.2 Å². The van der Waals surface area contributed by atoms with Crippen LogP contribution >= 0.6 is 23.1 Å². The number of carbonyl (C=O) groups is 3. The van der Waals surface area contributed by atoms with Gasteiger partial charge in [-0.15, -0.1) is 11.3 Å². The number of nitrogens with zero attached hydrogens (tertiary/aromatic N) is 1. The third-order valence-electron chi connectivity index (χ3n) is 3.33. The minimum absolute atomic E-state index is 0. The first-order valence-corrected chi connectivity index (χ1v) is 8.04. The first-order chi connectivity index (χ1) is 10.0. The van der Waals surface area contributed by atoms with Gasteiger partial charge < -0.3 is 15.3 Å². The van der Waals surface area contributed by atoms with Crippen molar-refractivity contribution in [1.29, 1.82) is 0 Å². The van der Waals surface area contributed by atoms with Gasteiger partial charge in [-0.2, -0.15) is 0 Å². The molecule has 3 rings (SSSR count). The number of rotatable bonds is 4. The van der Waals surface area contributed by atoms with Crippen LogP contribution in [-0.4, -0.2) is 104 Å². The Morgan fingerprint density at radius 3 is 2.74 bits per heavy atom. The fourth-order valence-corrected chi connectivity index (χ4v) is 4.11. The molecule has 1 saturated heterocycles. The summed E-state index contributed by atoms with van der Waals surface area (Å²) < 4.78 is 0. The number of carboxylic acids is 1. The molecule has 2 atom stereocenters. The number of amides is 1. The normalized spacial score (nSPS) is 21.8. The van der Waals surface area contributed by atoms with Crippen LogP contribution in [0.4, 0.5) is 0 Å². The topological polar surface area (TPSA) is 86.7 Å². The van der Waals surface area contributed by atoms with E-state index in [1.807, 2.05) is 17.5 Å². The Kier molecular flexibility index (Phi) is 8.36. The zero-order chi connectivity index (χ0) is 15.0. The van der Waals surface area contributed by atoms with Crippen molar-refractivity contribution in [3.63, 3.8) is 0 Å². The molecule has 10 heteroatoms. The van der Waals surface area contributed by atoms with Crippen molar-refractivity contribution < 1.29 is 19.5 Å². The summed E-state index contributed by atoms with van der Waals surface area (Å²) in [6.45, 7) is 0.416. The fraction of sp³-hybridized carbons (Fsp3) is 0.308. The summed E-state index contributed by atoms with van der Waals surface area (Å²) in [6, 6.07) is 3.58. The fourth-order valence-electron chi connectivity index (χ4n) is 2.34. The Bertz CT molecular complexity index is 636. The average Bonchev–Trinajstić information content (AvgIpc) is 2.90. The van der Waals surface area contributed by atoms with Crippen LogP contribution in [-0.2, 0) is 20.8 Å². The van der Waals surface area contributed by atoms with E-state index in [0.29, 0.717) is 13.0 Å². The molecule has 1 aromatic rings. The zero-order valence-electron chi connectivity index (χ0n) is 10.8. The van der Waals surface area contributed by atoms with E-state index in [4.69, 9.17) is 5.11 Å². The van der Waals surface area contributed by atoms with Crippen LogP contribution in [0.3, 0.4) is 0 Å². The molecule has 2 aliphatic rings. The number of fused-ring (bicyclic) bond motifs is 1. The summed E-state index contributed by atoms with van der Waals surface area (Å²) in [7, 11) is 0. The molecule has 0 aliphatic carbocycles. The number of carboxylic acid groups (broad SMARTS) is 1. The van der Waals surface area contributed by atoms with E-state index in [9.17, 15) is 14.4 Å². The van der Waals surface area contributed by atoms with Crippen LogP contribution in [0.2, 0.25) is 0 Å². The van der Waals surface area contributed by atoms with Gasteiger partial charge in [0.1, 0.15) is 11.1 Å². The number of nitrogens with one attached hydrogen (secondary N) is 1. The quantitative estimate of drug-likeness (QED) is 0.684. The van der Waals surface area contributed by atoms with Crippen LogP contribution in [0.1, 0.15) is 4.88 Å². The molecule has 6 nitrogen and oxygen atoms in total. The van der Waals surface area contributed by atoms with Crippen LogP contribution in [0.15, 0.2) is 29.3 Å². The molecule has 0 aromatic carbocycles. The van der Waals surface area contributed by atoms with E-state index >= 15 is 0 Å². The van der Waals surface area contributed by atoms with Crippen LogP contribution in [0.25, 0.3) is 0 Å². The first kappa shape index (κ1) is 21.2. The molecule has 2 aliphatic heterocycles. The van der Waals surface area contributed by atoms with Crippen molar-refractivity contribution in [3.8, 4) is 0 Å².